The molecule has 0 aromatic rings. The van der Waals surface area contributed by atoms with Crippen LogP contribution in [0.2, 0.25) is 0 Å². The number of primary amides is 2. The molecule has 0 fully saturated rings. The van der Waals surface area contributed by atoms with Gasteiger partial charge >= 0.3 is 23.9 Å². The highest BCUT2D eigenvalue weighted by atomic mass is 16.4. The van der Waals surface area contributed by atoms with Gasteiger partial charge in [-0.2, -0.15) is 0 Å². The molecule has 0 aliphatic heterocycles. The number of aliphatic hydroxyl groups excluding tert-OH is 2. The molecule has 0 heterocycles. The van der Waals surface area contributed by atoms with Gasteiger partial charge in [-0.05, 0) is 82.0 Å². The van der Waals surface area contributed by atoms with Crippen LogP contribution < -0.4 is 81.0 Å². The molecule has 0 aliphatic carbocycles. The molecular formula is C62H105N15O24. The van der Waals surface area contributed by atoms with Gasteiger partial charge in [-0.15, -0.1) is 0 Å². The second-order valence-corrected chi connectivity index (χ2v) is 26.2. The normalized spacial score (nSPS) is 15.7. The van der Waals surface area contributed by atoms with E-state index in [4.69, 9.17) is 22.3 Å². The number of nitrogens with two attached hydrogens (primary N) is 3. The van der Waals surface area contributed by atoms with Gasteiger partial charge in [-0.1, -0.05) is 75.7 Å². The third kappa shape index (κ3) is 35.3. The maximum absolute atomic E-state index is 14.2. The van der Waals surface area contributed by atoms with Gasteiger partial charge < -0.3 is 112 Å². The molecule has 0 saturated heterocycles. The zero-order valence-electron chi connectivity index (χ0n) is 58.9. The standard InChI is InChI=1S/C62H105N15O24/c1-13-30(10)48(60(98)77-49(32(12)79)61(99)73-40(24-46(86)87)56(94)71-38(22-28(6)7)55(93)74-41(25-78)58(96)69-36(62(100)101)16-19-45(84)85)76-57(95)39(23-43(65)81)72-59(97)47(29(8)9)75-50(88)31(11)66-52(90)35(15-18-44(82)83)68-54(92)37(21-27(4)5)70-53(91)34(14-17-42(64)80)67-51(89)33(63)20-26(2)3/h26-41,47-49,78-79H,13-25,63H2,1-12H3,(H2,64,80)(H2,65,81)(H,66,90)(H,67,89)(H,68,92)(H,69,96)(H,70,91)(H,71,94)(H,72,97)(H,73,99)(H,74,93)(H,75,88)(H,76,95)(H,77,98)(H,82,83)(H,84,85)(H,86,87)(H,100,101)/t30-,31-,32+,33-,34-,35-,36-,37-,38-,39-,40-,41-,47-,48-,49-/m0/s1. The molecule has 0 aromatic heterocycles. The number of amides is 14. The van der Waals surface area contributed by atoms with E-state index in [1.54, 1.807) is 34.6 Å². The highest BCUT2D eigenvalue weighted by Crippen LogP contribution is 2.15. The van der Waals surface area contributed by atoms with Gasteiger partial charge in [0.25, 0.3) is 0 Å². The summed E-state index contributed by atoms with van der Waals surface area (Å²) in [6, 6.07) is -21.8. The Hall–Kier alpha value is -9.66. The van der Waals surface area contributed by atoms with Crippen molar-refractivity contribution in [2.24, 2.45) is 46.8 Å². The Labute approximate surface area is 583 Å². The summed E-state index contributed by atoms with van der Waals surface area (Å²) in [5.41, 5.74) is 16.8. The number of aliphatic carboxylic acids is 4. The van der Waals surface area contributed by atoms with Crippen molar-refractivity contribution in [2.45, 2.75) is 245 Å². The number of carboxylic acids is 4. The van der Waals surface area contributed by atoms with Crippen LogP contribution in [0.1, 0.15) is 160 Å². The molecule has 15 atom stereocenters. The minimum Gasteiger partial charge on any atom is -0.481 e. The molecule has 39 nitrogen and oxygen atoms in total. The van der Waals surface area contributed by atoms with E-state index in [1.807, 2.05) is 19.2 Å². The van der Waals surface area contributed by atoms with E-state index < -0.39 is 254 Å². The quantitative estimate of drug-likeness (QED) is 0.0269. The number of hydrogen-bond acceptors (Lipinski definition) is 21. The zero-order chi connectivity index (χ0) is 78.0. The number of rotatable bonds is 49. The van der Waals surface area contributed by atoms with Crippen molar-refractivity contribution in [2.75, 3.05) is 6.61 Å². The largest absolute Gasteiger partial charge is 0.481 e. The lowest BCUT2D eigenvalue weighted by atomic mass is 9.96. The number of carboxylic acid groups (broad SMARTS) is 4. The van der Waals surface area contributed by atoms with Crippen LogP contribution in [0.4, 0.5) is 0 Å². The average Bonchev–Trinajstić information content (AvgIpc) is 0.855. The molecule has 24 N–H and O–H groups in total. The minimum atomic E-state index is -2.08. The van der Waals surface area contributed by atoms with Gasteiger partial charge in [-0.3, -0.25) is 81.5 Å². The van der Waals surface area contributed by atoms with E-state index in [0.29, 0.717) is 0 Å². The summed E-state index contributed by atoms with van der Waals surface area (Å²) in [6.45, 7) is 17.1. The van der Waals surface area contributed by atoms with Crippen molar-refractivity contribution < 1.29 is 117 Å². The molecule has 0 unspecified atom stereocenters. The summed E-state index contributed by atoms with van der Waals surface area (Å²) in [4.78, 5) is 236. The van der Waals surface area contributed by atoms with Crippen LogP contribution in [0, 0.1) is 29.6 Å². The third-order valence-electron chi connectivity index (χ3n) is 15.3. The summed E-state index contributed by atoms with van der Waals surface area (Å²) in [5, 5.41) is 86.1. The first-order valence-corrected chi connectivity index (χ1v) is 32.9. The van der Waals surface area contributed by atoms with Crippen LogP contribution in [-0.2, 0) is 86.3 Å². The van der Waals surface area contributed by atoms with Gasteiger partial charge in [0.2, 0.25) is 82.7 Å². The van der Waals surface area contributed by atoms with Crippen molar-refractivity contribution >= 4 is 107 Å². The lowest BCUT2D eigenvalue weighted by molar-refractivity contribution is -0.144. The van der Waals surface area contributed by atoms with E-state index >= 15 is 0 Å². The molecule has 0 saturated carbocycles. The molecule has 0 bridgehead atoms. The Morgan fingerprint density at radius 1 is 0.347 bits per heavy atom. The molecule has 39 heteroatoms. The minimum absolute atomic E-state index is 0.0111. The Morgan fingerprint density at radius 2 is 0.693 bits per heavy atom. The summed E-state index contributed by atoms with van der Waals surface area (Å²) in [7, 11) is 0. The van der Waals surface area contributed by atoms with E-state index in [9.17, 15) is 112 Å². The summed E-state index contributed by atoms with van der Waals surface area (Å²) in [6.07, 6.45) is -7.12. The molecule has 0 aliphatic rings. The maximum Gasteiger partial charge on any atom is 0.326 e. The topological polar surface area (TPSA) is 651 Å². The summed E-state index contributed by atoms with van der Waals surface area (Å²) >= 11 is 0. The van der Waals surface area contributed by atoms with Crippen molar-refractivity contribution in [1.29, 1.82) is 0 Å². The van der Waals surface area contributed by atoms with E-state index in [0.717, 1.165) is 13.8 Å². The number of carbonyl (C=O) groups excluding carboxylic acids is 14. The maximum atomic E-state index is 14.2. The first kappa shape index (κ1) is 91.3. The van der Waals surface area contributed by atoms with Crippen molar-refractivity contribution in [3.05, 3.63) is 0 Å². The molecule has 0 aromatic carbocycles. The van der Waals surface area contributed by atoms with Crippen LogP contribution >= 0.6 is 0 Å². The molecule has 0 rings (SSSR count). The smallest absolute Gasteiger partial charge is 0.326 e. The number of nitrogens with one attached hydrogen (secondary N) is 12. The summed E-state index contributed by atoms with van der Waals surface area (Å²) in [5.74, 6) is -24.1. The lowest BCUT2D eigenvalue weighted by Crippen LogP contribution is -2.63. The van der Waals surface area contributed by atoms with Crippen LogP contribution in [0.25, 0.3) is 0 Å². The van der Waals surface area contributed by atoms with Gasteiger partial charge in [0, 0.05) is 19.3 Å². The van der Waals surface area contributed by atoms with E-state index in [1.165, 1.54) is 20.8 Å². The predicted octanol–water partition coefficient (Wildman–Crippen LogP) is -6.21. The fourth-order valence-electron chi connectivity index (χ4n) is 9.59. The molecular weight excluding hydrogens is 1340 g/mol. The van der Waals surface area contributed by atoms with Crippen LogP contribution in [0.3, 0.4) is 0 Å². The Balaban J connectivity index is 6.76. The lowest BCUT2D eigenvalue weighted by Gasteiger charge is -2.30. The van der Waals surface area contributed by atoms with Crippen molar-refractivity contribution in [1.82, 2.24) is 63.8 Å². The van der Waals surface area contributed by atoms with Gasteiger partial charge in [0.1, 0.15) is 72.5 Å². The Bertz CT molecular complexity index is 2930. The van der Waals surface area contributed by atoms with E-state index in [-0.39, 0.29) is 50.4 Å². The SMILES string of the molecule is CC[C@H](C)[C@H](NC(=O)[C@H](CC(N)=O)NC(=O)[C@@H](NC(=O)[C@H](C)NC(=O)[C@H](CCC(=O)O)NC(=O)[C@H](CC(C)C)NC(=O)[C@H](CCC(N)=O)NC(=O)[C@@H](N)CC(C)C)C(C)C)C(=O)N[C@H](C(=O)N[C@@H](CC(=O)O)C(=O)N[C@@H](CC(C)C)C(=O)N[C@@H](CO)C(=O)N[C@@H](CCC(=O)O)C(=O)O)[C@@H](C)O. The van der Waals surface area contributed by atoms with Crippen molar-refractivity contribution in [3.8, 4) is 0 Å². The molecule has 0 radical (unpaired) electrons. The number of carbonyl (C=O) groups is 18. The highest BCUT2D eigenvalue weighted by molar-refractivity contribution is 6.01. The Morgan fingerprint density at radius 3 is 1.11 bits per heavy atom. The molecule has 14 amide bonds. The molecule has 572 valence electrons. The molecule has 0 spiro atoms. The first-order chi connectivity index (χ1) is 46.8. The predicted molar refractivity (Wildman–Crippen MR) is 354 cm³/mol. The zero-order valence-corrected chi connectivity index (χ0v) is 58.9. The number of hydrogen-bond donors (Lipinski definition) is 21. The average molecular weight is 1440 g/mol. The second-order valence-electron chi connectivity index (χ2n) is 26.2. The van der Waals surface area contributed by atoms with Crippen molar-refractivity contribution in [3.63, 3.8) is 0 Å². The fourth-order valence-corrected chi connectivity index (χ4v) is 9.59. The molecule has 101 heavy (non-hydrogen) atoms. The second kappa shape index (κ2) is 45.2. The van der Waals surface area contributed by atoms with Crippen LogP contribution in [-0.4, -0.2) is 228 Å². The first-order valence-electron chi connectivity index (χ1n) is 32.9. The highest BCUT2D eigenvalue weighted by Gasteiger charge is 2.40. The van der Waals surface area contributed by atoms with Gasteiger partial charge in [0.05, 0.1) is 31.6 Å². The monoisotopic (exact) mass is 1440 g/mol. The summed E-state index contributed by atoms with van der Waals surface area (Å²) < 4.78 is 0. The van der Waals surface area contributed by atoms with E-state index in [2.05, 4.69) is 58.5 Å². The fraction of sp³-hybridized carbons (Fsp3) is 0.710. The van der Waals surface area contributed by atoms with Crippen LogP contribution in [0.15, 0.2) is 0 Å². The Kier molecular flexibility index (Phi) is 40.9. The van der Waals surface area contributed by atoms with Crippen LogP contribution in [0.5, 0.6) is 0 Å². The van der Waals surface area contributed by atoms with Gasteiger partial charge in [0.15, 0.2) is 0 Å². The third-order valence-corrected chi connectivity index (χ3v) is 15.3. The number of aliphatic hydroxyl groups is 2. The van der Waals surface area contributed by atoms with Gasteiger partial charge in [-0.25, -0.2) is 4.79 Å².